The average molecular weight is 241 g/mol. The third-order valence-electron chi connectivity index (χ3n) is 2.29. The molecule has 6 nitrogen and oxygen atoms in total. The molecule has 1 unspecified atom stereocenters. The van der Waals surface area contributed by atoms with Crippen LogP contribution in [0, 0.1) is 0 Å². The molecule has 0 aromatic carbocycles. The van der Waals surface area contributed by atoms with Crippen LogP contribution in [0.1, 0.15) is 32.6 Å². The number of carbonyl (C=O) groups excluding carboxylic acids is 1. The number of aromatic nitrogens is 2. The van der Waals surface area contributed by atoms with E-state index in [1.165, 1.54) is 6.33 Å². The van der Waals surface area contributed by atoms with Crippen LogP contribution in [0.2, 0.25) is 0 Å². The summed E-state index contributed by atoms with van der Waals surface area (Å²) in [5.74, 6) is 0.372. The molecule has 1 N–H and O–H groups in total. The molecule has 1 atom stereocenters. The van der Waals surface area contributed by atoms with Crippen LogP contribution in [0.25, 0.3) is 0 Å². The minimum Gasteiger partial charge on any atom is -0.465 e. The molecule has 0 aliphatic rings. The number of hydrogen-bond donors (Lipinski definition) is 1. The van der Waals surface area contributed by atoms with E-state index in [0.29, 0.717) is 25.5 Å². The summed E-state index contributed by atoms with van der Waals surface area (Å²) in [6.07, 6.45) is 3.67. The van der Waals surface area contributed by atoms with E-state index in [-0.39, 0.29) is 12.0 Å². The fourth-order valence-corrected chi connectivity index (χ4v) is 1.49. The Morgan fingerprint density at radius 2 is 2.41 bits per heavy atom. The van der Waals surface area contributed by atoms with Crippen LogP contribution < -0.4 is 5.32 Å². The van der Waals surface area contributed by atoms with Crippen molar-refractivity contribution in [1.29, 1.82) is 0 Å². The van der Waals surface area contributed by atoms with Crippen molar-refractivity contribution < 1.29 is 14.1 Å². The molecule has 0 saturated heterocycles. The summed E-state index contributed by atoms with van der Waals surface area (Å²) in [4.78, 5) is 15.5. The second kappa shape index (κ2) is 7.78. The molecule has 1 aromatic rings. The molecule has 1 rings (SSSR count). The topological polar surface area (TPSA) is 77.3 Å². The Balaban J connectivity index is 2.31. The standard InChI is InChI=1S/C11H19N3O3/c1-3-5-9(11(15)16-4-2)12-7-6-10-13-8-14-17-10/h8-9,12H,3-7H2,1-2H3. The zero-order valence-electron chi connectivity index (χ0n) is 10.3. The van der Waals surface area contributed by atoms with E-state index in [4.69, 9.17) is 9.26 Å². The molecule has 6 heteroatoms. The Morgan fingerprint density at radius 1 is 1.59 bits per heavy atom. The first-order valence-corrected chi connectivity index (χ1v) is 5.93. The van der Waals surface area contributed by atoms with Crippen LogP contribution in [0.4, 0.5) is 0 Å². The molecule has 0 saturated carbocycles. The molecule has 96 valence electrons. The fourth-order valence-electron chi connectivity index (χ4n) is 1.49. The van der Waals surface area contributed by atoms with Gasteiger partial charge in [0.15, 0.2) is 6.33 Å². The van der Waals surface area contributed by atoms with E-state index in [2.05, 4.69) is 15.5 Å². The monoisotopic (exact) mass is 241 g/mol. The molecule has 0 spiro atoms. The number of esters is 1. The largest absolute Gasteiger partial charge is 0.465 e. The second-order valence-electron chi connectivity index (χ2n) is 3.63. The highest BCUT2D eigenvalue weighted by molar-refractivity contribution is 5.75. The third kappa shape index (κ3) is 4.95. The van der Waals surface area contributed by atoms with Gasteiger partial charge in [-0.05, 0) is 13.3 Å². The van der Waals surface area contributed by atoms with Gasteiger partial charge in [0, 0.05) is 13.0 Å². The van der Waals surface area contributed by atoms with Gasteiger partial charge in [0.05, 0.1) is 6.61 Å². The van der Waals surface area contributed by atoms with E-state index >= 15 is 0 Å². The normalized spacial score (nSPS) is 12.4. The summed E-state index contributed by atoms with van der Waals surface area (Å²) in [5.41, 5.74) is 0. The summed E-state index contributed by atoms with van der Waals surface area (Å²) in [6.45, 7) is 4.86. The molecular weight excluding hydrogens is 222 g/mol. The molecule has 1 heterocycles. The maximum absolute atomic E-state index is 11.6. The van der Waals surface area contributed by atoms with Gasteiger partial charge in [-0.3, -0.25) is 4.79 Å². The van der Waals surface area contributed by atoms with Crippen molar-refractivity contribution in [2.24, 2.45) is 0 Å². The van der Waals surface area contributed by atoms with Crippen molar-refractivity contribution in [1.82, 2.24) is 15.5 Å². The van der Waals surface area contributed by atoms with Gasteiger partial charge in [-0.15, -0.1) is 0 Å². The Morgan fingerprint density at radius 3 is 3.00 bits per heavy atom. The lowest BCUT2D eigenvalue weighted by Crippen LogP contribution is -2.39. The van der Waals surface area contributed by atoms with Gasteiger partial charge in [-0.1, -0.05) is 18.5 Å². The number of nitrogens with zero attached hydrogens (tertiary/aromatic N) is 2. The van der Waals surface area contributed by atoms with Crippen molar-refractivity contribution in [3.63, 3.8) is 0 Å². The van der Waals surface area contributed by atoms with Gasteiger partial charge >= 0.3 is 5.97 Å². The molecule has 17 heavy (non-hydrogen) atoms. The highest BCUT2D eigenvalue weighted by Crippen LogP contribution is 2.00. The van der Waals surface area contributed by atoms with Crippen molar-refractivity contribution in [3.8, 4) is 0 Å². The van der Waals surface area contributed by atoms with Gasteiger partial charge in [-0.2, -0.15) is 4.98 Å². The minimum atomic E-state index is -0.247. The Kier molecular flexibility index (Phi) is 6.24. The predicted octanol–water partition coefficient (Wildman–Crippen LogP) is 0.933. The van der Waals surface area contributed by atoms with Gasteiger partial charge in [0.1, 0.15) is 6.04 Å². The van der Waals surface area contributed by atoms with Gasteiger partial charge in [-0.25, -0.2) is 0 Å². The van der Waals surface area contributed by atoms with Gasteiger partial charge in [0.2, 0.25) is 5.89 Å². The van der Waals surface area contributed by atoms with Gasteiger partial charge in [0.25, 0.3) is 0 Å². The zero-order chi connectivity index (χ0) is 12.5. The lowest BCUT2D eigenvalue weighted by atomic mass is 10.1. The lowest BCUT2D eigenvalue weighted by molar-refractivity contribution is -0.145. The number of rotatable bonds is 8. The lowest BCUT2D eigenvalue weighted by Gasteiger charge is -2.15. The van der Waals surface area contributed by atoms with Crippen molar-refractivity contribution >= 4 is 5.97 Å². The number of nitrogens with one attached hydrogen (secondary N) is 1. The quantitative estimate of drug-likeness (QED) is 0.682. The fraction of sp³-hybridized carbons (Fsp3) is 0.727. The smallest absolute Gasteiger partial charge is 0.323 e. The molecular formula is C11H19N3O3. The van der Waals surface area contributed by atoms with E-state index in [1.54, 1.807) is 6.92 Å². The first-order valence-electron chi connectivity index (χ1n) is 5.93. The summed E-state index contributed by atoms with van der Waals surface area (Å²) in [5, 5.41) is 6.66. The number of ether oxygens (including phenoxy) is 1. The maximum atomic E-state index is 11.6. The second-order valence-corrected chi connectivity index (χ2v) is 3.63. The predicted molar refractivity (Wildman–Crippen MR) is 61.3 cm³/mol. The number of hydrogen-bond acceptors (Lipinski definition) is 6. The van der Waals surface area contributed by atoms with E-state index < -0.39 is 0 Å². The Bertz CT molecular complexity index is 314. The van der Waals surface area contributed by atoms with Gasteiger partial charge < -0.3 is 14.6 Å². The molecule has 0 radical (unpaired) electrons. The molecule has 0 amide bonds. The van der Waals surface area contributed by atoms with E-state index in [9.17, 15) is 4.79 Å². The SMILES string of the molecule is CCCC(NCCc1ncno1)C(=O)OCC. The molecule has 1 aromatic heterocycles. The van der Waals surface area contributed by atoms with Crippen LogP contribution in [0.3, 0.4) is 0 Å². The van der Waals surface area contributed by atoms with Crippen molar-refractivity contribution in [2.75, 3.05) is 13.2 Å². The average Bonchev–Trinajstić information content (AvgIpc) is 2.81. The number of carbonyl (C=O) groups is 1. The summed E-state index contributed by atoms with van der Waals surface area (Å²) in [7, 11) is 0. The summed E-state index contributed by atoms with van der Waals surface area (Å²) < 4.78 is 9.86. The highest BCUT2D eigenvalue weighted by atomic mass is 16.5. The molecule has 0 aliphatic heterocycles. The van der Waals surface area contributed by atoms with Crippen LogP contribution in [0.5, 0.6) is 0 Å². The maximum Gasteiger partial charge on any atom is 0.323 e. The van der Waals surface area contributed by atoms with Crippen LogP contribution >= 0.6 is 0 Å². The van der Waals surface area contributed by atoms with E-state index in [0.717, 1.165) is 12.8 Å². The zero-order valence-corrected chi connectivity index (χ0v) is 10.3. The molecule has 0 aliphatic carbocycles. The molecule has 0 fully saturated rings. The van der Waals surface area contributed by atoms with Crippen molar-refractivity contribution in [3.05, 3.63) is 12.2 Å². The first kappa shape index (κ1) is 13.6. The Labute approximate surface area is 101 Å². The summed E-state index contributed by atoms with van der Waals surface area (Å²) in [6, 6.07) is -0.247. The van der Waals surface area contributed by atoms with E-state index in [1.807, 2.05) is 6.92 Å². The van der Waals surface area contributed by atoms with Crippen LogP contribution in [-0.2, 0) is 16.0 Å². The van der Waals surface area contributed by atoms with Crippen LogP contribution in [0.15, 0.2) is 10.9 Å². The minimum absolute atomic E-state index is 0.195. The molecule has 0 bridgehead atoms. The summed E-state index contributed by atoms with van der Waals surface area (Å²) >= 11 is 0. The first-order chi connectivity index (χ1) is 8.27. The van der Waals surface area contributed by atoms with Crippen LogP contribution in [-0.4, -0.2) is 35.3 Å². The highest BCUT2D eigenvalue weighted by Gasteiger charge is 2.17. The third-order valence-corrected chi connectivity index (χ3v) is 2.29. The van der Waals surface area contributed by atoms with Crippen molar-refractivity contribution in [2.45, 2.75) is 39.2 Å². The Hall–Kier alpha value is -1.43.